The number of halogens is 1. The Labute approximate surface area is 129 Å². The van der Waals surface area contributed by atoms with Gasteiger partial charge in [0, 0.05) is 17.7 Å². The zero-order valence-corrected chi connectivity index (χ0v) is 13.3. The molecule has 2 aliphatic rings. The Bertz CT molecular complexity index is 814. The number of methoxy groups -OCH3 is 2. The summed E-state index contributed by atoms with van der Waals surface area (Å²) in [6.07, 6.45) is 0. The molecule has 0 aromatic heterocycles. The fraction of sp³-hybridized carbons (Fsp3) is 0.235. The monoisotopic (exact) mass is 302 g/mol. The molecule has 1 heterocycles. The molecule has 0 saturated heterocycles. The van der Waals surface area contributed by atoms with Crippen LogP contribution in [0.3, 0.4) is 0 Å². The fourth-order valence-corrected chi connectivity index (χ4v) is 3.33. The molecule has 1 aliphatic heterocycles. The van der Waals surface area contributed by atoms with E-state index in [1.165, 1.54) is 0 Å². The minimum atomic E-state index is 0.639. The number of hydrogen-bond acceptors (Lipinski definition) is 2. The van der Waals surface area contributed by atoms with Crippen molar-refractivity contribution in [3.8, 4) is 22.8 Å². The normalized spacial score (nSPS) is 11.1. The molecule has 0 spiro atoms. The Morgan fingerprint density at radius 1 is 1.10 bits per heavy atom. The Balaban J connectivity index is 2.60. The van der Waals surface area contributed by atoms with Gasteiger partial charge in [-0.1, -0.05) is 23.7 Å². The second-order valence-electron chi connectivity index (χ2n) is 5.02. The molecule has 0 saturated carbocycles. The minimum Gasteiger partial charge on any atom is -0.493 e. The number of nitrogens with zero attached hydrogens (tertiary/aromatic N) is 1. The molecule has 3 nitrogen and oxygen atoms in total. The van der Waals surface area contributed by atoms with Crippen molar-refractivity contribution in [3.05, 3.63) is 40.9 Å². The molecule has 3 rings (SSSR count). The molecule has 0 N–H and O–H groups in total. The highest BCUT2D eigenvalue weighted by Crippen LogP contribution is 2.43. The van der Waals surface area contributed by atoms with Crippen molar-refractivity contribution < 1.29 is 14.0 Å². The van der Waals surface area contributed by atoms with Crippen molar-refractivity contribution in [3.63, 3.8) is 0 Å². The number of para-hydroxylation sites is 1. The minimum absolute atomic E-state index is 0.639. The largest absolute Gasteiger partial charge is 0.493 e. The first-order chi connectivity index (χ1) is 10.1. The second kappa shape index (κ2) is 5.08. The zero-order valence-electron chi connectivity index (χ0n) is 12.5. The van der Waals surface area contributed by atoms with Crippen molar-refractivity contribution in [1.82, 2.24) is 0 Å². The SMILES string of the molecule is COc1cc(Cl)c2[n+](C)c3ccccc3c-2c(C)c1OC. The molecule has 1 aromatic carbocycles. The van der Waals surface area contributed by atoms with Crippen LogP contribution in [0.25, 0.3) is 22.2 Å². The quantitative estimate of drug-likeness (QED) is 0.673. The van der Waals surface area contributed by atoms with Gasteiger partial charge in [-0.3, -0.25) is 0 Å². The third-order valence-corrected chi connectivity index (χ3v) is 4.24. The van der Waals surface area contributed by atoms with E-state index in [2.05, 4.69) is 16.7 Å². The van der Waals surface area contributed by atoms with E-state index in [-0.39, 0.29) is 0 Å². The van der Waals surface area contributed by atoms with Crippen molar-refractivity contribution in [1.29, 1.82) is 0 Å². The van der Waals surface area contributed by atoms with Crippen LogP contribution in [0, 0.1) is 6.92 Å². The summed E-state index contributed by atoms with van der Waals surface area (Å²) in [6, 6.07) is 10.1. The van der Waals surface area contributed by atoms with E-state index < -0.39 is 0 Å². The third-order valence-electron chi connectivity index (χ3n) is 3.95. The van der Waals surface area contributed by atoms with Crippen LogP contribution in [0.1, 0.15) is 5.56 Å². The molecule has 4 heteroatoms. The van der Waals surface area contributed by atoms with Gasteiger partial charge in [0.2, 0.25) is 11.2 Å². The van der Waals surface area contributed by atoms with Gasteiger partial charge in [-0.25, -0.2) is 0 Å². The molecule has 21 heavy (non-hydrogen) atoms. The van der Waals surface area contributed by atoms with Crippen LogP contribution >= 0.6 is 11.6 Å². The third kappa shape index (κ3) is 1.92. The maximum absolute atomic E-state index is 6.55. The summed E-state index contributed by atoms with van der Waals surface area (Å²) in [5, 5.41) is 1.80. The standard InChI is InChI=1S/C17H17ClNO2/c1-10-15-11-7-5-6-8-13(11)19(2)16(15)12(18)9-14(20-3)17(10)21-4/h5-9H,1-4H3/q+1. The Morgan fingerprint density at radius 3 is 2.48 bits per heavy atom. The maximum atomic E-state index is 6.55. The molecule has 1 aromatic rings. The lowest BCUT2D eigenvalue weighted by Gasteiger charge is -2.06. The molecule has 1 aliphatic carbocycles. The molecule has 0 radical (unpaired) electrons. The summed E-state index contributed by atoms with van der Waals surface area (Å²) in [4.78, 5) is 0. The topological polar surface area (TPSA) is 22.3 Å². The molecule has 0 unspecified atom stereocenters. The van der Waals surface area contributed by atoms with Crippen LogP contribution < -0.4 is 14.0 Å². The lowest BCUT2D eigenvalue weighted by molar-refractivity contribution is -0.631. The summed E-state index contributed by atoms with van der Waals surface area (Å²) >= 11 is 6.55. The smallest absolute Gasteiger partial charge is 0.232 e. The maximum Gasteiger partial charge on any atom is 0.232 e. The molecule has 0 bridgehead atoms. The lowest BCUT2D eigenvalue weighted by atomic mass is 10.1. The first kappa shape index (κ1) is 14.0. The highest BCUT2D eigenvalue weighted by molar-refractivity contribution is 6.33. The van der Waals surface area contributed by atoms with E-state index in [1.54, 1.807) is 14.2 Å². The van der Waals surface area contributed by atoms with Gasteiger partial charge in [0.05, 0.1) is 25.2 Å². The first-order valence-electron chi connectivity index (χ1n) is 6.71. The van der Waals surface area contributed by atoms with E-state index >= 15 is 0 Å². The summed E-state index contributed by atoms with van der Waals surface area (Å²) in [6.45, 7) is 2.03. The van der Waals surface area contributed by atoms with E-state index in [0.717, 1.165) is 27.7 Å². The Kier molecular flexibility index (Phi) is 3.38. The van der Waals surface area contributed by atoms with Crippen molar-refractivity contribution in [2.45, 2.75) is 6.92 Å². The molecular weight excluding hydrogens is 286 g/mol. The number of ether oxygens (including phenoxy) is 2. The summed E-state index contributed by atoms with van der Waals surface area (Å²) < 4.78 is 13.1. The van der Waals surface area contributed by atoms with Gasteiger partial charge in [0.1, 0.15) is 12.1 Å². The van der Waals surface area contributed by atoms with Gasteiger partial charge in [-0.2, -0.15) is 4.57 Å². The molecular formula is C17H17ClNO2+. The predicted molar refractivity (Wildman–Crippen MR) is 84.6 cm³/mol. The van der Waals surface area contributed by atoms with Crippen LogP contribution in [0.15, 0.2) is 30.3 Å². The number of fused-ring (bicyclic) bond motifs is 3. The number of rotatable bonds is 2. The van der Waals surface area contributed by atoms with Gasteiger partial charge < -0.3 is 9.47 Å². The molecule has 0 fully saturated rings. The summed E-state index contributed by atoms with van der Waals surface area (Å²) in [7, 11) is 5.29. The van der Waals surface area contributed by atoms with Gasteiger partial charge in [0.25, 0.3) is 0 Å². The average Bonchev–Trinajstić information content (AvgIpc) is 2.74. The lowest BCUT2D eigenvalue weighted by Crippen LogP contribution is -2.28. The number of aromatic nitrogens is 1. The van der Waals surface area contributed by atoms with E-state index in [4.69, 9.17) is 21.1 Å². The van der Waals surface area contributed by atoms with E-state index in [9.17, 15) is 0 Å². The van der Waals surface area contributed by atoms with Gasteiger partial charge >= 0.3 is 0 Å². The van der Waals surface area contributed by atoms with E-state index in [1.807, 2.05) is 32.2 Å². The highest BCUT2D eigenvalue weighted by Gasteiger charge is 2.29. The van der Waals surface area contributed by atoms with Crippen LogP contribution in [0.5, 0.6) is 11.5 Å². The first-order valence-corrected chi connectivity index (χ1v) is 7.09. The predicted octanol–water partition coefficient (Wildman–Crippen LogP) is 3.75. The highest BCUT2D eigenvalue weighted by atomic mass is 35.5. The van der Waals surface area contributed by atoms with Crippen LogP contribution in [0.2, 0.25) is 5.02 Å². The second-order valence-corrected chi connectivity index (χ2v) is 5.43. The van der Waals surface area contributed by atoms with Gasteiger partial charge in [-0.15, -0.1) is 0 Å². The average molecular weight is 303 g/mol. The van der Waals surface area contributed by atoms with Crippen molar-refractivity contribution >= 4 is 22.5 Å². The van der Waals surface area contributed by atoms with Crippen LogP contribution in [0.4, 0.5) is 0 Å². The number of hydrogen-bond donors (Lipinski definition) is 0. The van der Waals surface area contributed by atoms with Crippen molar-refractivity contribution in [2.24, 2.45) is 7.05 Å². The van der Waals surface area contributed by atoms with E-state index in [0.29, 0.717) is 16.5 Å². The zero-order chi connectivity index (χ0) is 15.1. The van der Waals surface area contributed by atoms with Gasteiger partial charge in [0.15, 0.2) is 11.5 Å². The summed E-state index contributed by atoms with van der Waals surface area (Å²) in [5.41, 5.74) is 4.24. The molecule has 108 valence electrons. The number of aryl methyl sites for hydroxylation is 1. The molecule has 0 amide bonds. The van der Waals surface area contributed by atoms with Crippen molar-refractivity contribution in [2.75, 3.05) is 14.2 Å². The number of benzene rings is 1. The van der Waals surface area contributed by atoms with Crippen LogP contribution in [-0.4, -0.2) is 14.2 Å². The Morgan fingerprint density at radius 2 is 1.81 bits per heavy atom. The molecule has 0 atom stereocenters. The fourth-order valence-electron chi connectivity index (χ4n) is 3.01. The van der Waals surface area contributed by atoms with Crippen LogP contribution in [-0.2, 0) is 7.05 Å². The van der Waals surface area contributed by atoms with Gasteiger partial charge in [-0.05, 0) is 13.0 Å². The Hall–Kier alpha value is -2.00. The summed E-state index contributed by atoms with van der Waals surface area (Å²) in [5.74, 6) is 1.35.